The van der Waals surface area contributed by atoms with Gasteiger partial charge in [-0.3, -0.25) is 4.79 Å². The van der Waals surface area contributed by atoms with Crippen molar-refractivity contribution in [2.75, 3.05) is 32.7 Å². The number of nitrogens with one attached hydrogen (secondary N) is 2. The first-order valence-electron chi connectivity index (χ1n) is 9.96. The van der Waals surface area contributed by atoms with Crippen molar-refractivity contribution in [1.82, 2.24) is 15.5 Å². The van der Waals surface area contributed by atoms with Crippen LogP contribution in [0.2, 0.25) is 0 Å². The molecule has 29 heavy (non-hydrogen) atoms. The van der Waals surface area contributed by atoms with Crippen LogP contribution in [0.5, 0.6) is 0 Å². The average Bonchev–Trinajstić information content (AvgIpc) is 2.69. The fraction of sp³-hybridized carbons (Fsp3) is 0.571. The first-order chi connectivity index (χ1) is 13.7. The lowest BCUT2D eigenvalue weighted by Gasteiger charge is -2.26. The molecule has 2 N–H and O–H groups in total. The molecule has 8 nitrogen and oxygen atoms in total. The van der Waals surface area contributed by atoms with Crippen LogP contribution in [0.3, 0.4) is 0 Å². The molecule has 0 bridgehead atoms. The summed E-state index contributed by atoms with van der Waals surface area (Å²) < 4.78 is 10.5. The quantitative estimate of drug-likeness (QED) is 0.535. The minimum atomic E-state index is -0.541. The number of Topliss-reactive ketones (excluding diaryl/α,β-unsaturated/α-hetero) is 1. The maximum Gasteiger partial charge on any atom is 0.410 e. The van der Waals surface area contributed by atoms with Gasteiger partial charge in [-0.05, 0) is 32.8 Å². The minimum absolute atomic E-state index is 0.000324. The van der Waals surface area contributed by atoms with Gasteiger partial charge in [0.15, 0.2) is 5.78 Å². The van der Waals surface area contributed by atoms with E-state index in [2.05, 4.69) is 10.6 Å². The molecule has 0 atom stereocenters. The van der Waals surface area contributed by atoms with E-state index in [0.717, 1.165) is 18.7 Å². The Bertz CT molecular complexity index is 691. The molecule has 1 saturated heterocycles. The molecular weight excluding hydrogens is 374 g/mol. The number of piperazine rings is 1. The Kier molecular flexibility index (Phi) is 8.45. The van der Waals surface area contributed by atoms with Crippen molar-refractivity contribution in [3.8, 4) is 0 Å². The summed E-state index contributed by atoms with van der Waals surface area (Å²) in [6, 6.07) is 7.05. The third-order valence-corrected chi connectivity index (χ3v) is 4.26. The standard InChI is InChI=1S/C21H31N3O5/c1-21(2,3)29-19(26)23-10-4-5-18(25)17-8-6-16(7-9-17)15-28-20(27)24-13-11-22-12-14-24/h6-9,22H,4-5,10-15H2,1-3H3,(H,23,26). The number of alkyl carbamates (subject to hydrolysis) is 1. The second-order valence-electron chi connectivity index (χ2n) is 7.94. The molecule has 1 aromatic carbocycles. The molecule has 2 rings (SSSR count). The van der Waals surface area contributed by atoms with Gasteiger partial charge >= 0.3 is 12.2 Å². The van der Waals surface area contributed by atoms with Crippen molar-refractivity contribution >= 4 is 18.0 Å². The number of ketones is 1. The lowest BCUT2D eigenvalue weighted by atomic mass is 10.0. The normalized spacial score (nSPS) is 14.2. The van der Waals surface area contributed by atoms with Gasteiger partial charge in [0.1, 0.15) is 12.2 Å². The van der Waals surface area contributed by atoms with Gasteiger partial charge in [-0.1, -0.05) is 24.3 Å². The molecule has 0 aliphatic carbocycles. The largest absolute Gasteiger partial charge is 0.445 e. The first-order valence-corrected chi connectivity index (χ1v) is 9.96. The molecule has 0 aromatic heterocycles. The molecule has 0 spiro atoms. The summed E-state index contributed by atoms with van der Waals surface area (Å²) in [4.78, 5) is 37.5. The molecule has 1 aromatic rings. The maximum absolute atomic E-state index is 12.3. The predicted octanol–water partition coefficient (Wildman–Crippen LogP) is 2.72. The van der Waals surface area contributed by atoms with Crippen LogP contribution in [0.25, 0.3) is 0 Å². The van der Waals surface area contributed by atoms with Gasteiger partial charge in [-0.2, -0.15) is 0 Å². The van der Waals surface area contributed by atoms with Crippen molar-refractivity contribution in [3.63, 3.8) is 0 Å². The van der Waals surface area contributed by atoms with Crippen LogP contribution in [-0.4, -0.2) is 61.2 Å². The molecule has 1 aliphatic rings. The lowest BCUT2D eigenvalue weighted by molar-refractivity contribution is 0.0525. The number of benzene rings is 1. The van der Waals surface area contributed by atoms with Gasteiger partial charge in [0.05, 0.1) is 0 Å². The molecule has 0 saturated carbocycles. The Labute approximate surface area is 171 Å². The summed E-state index contributed by atoms with van der Waals surface area (Å²) in [5.74, 6) is 0.000324. The highest BCUT2D eigenvalue weighted by Crippen LogP contribution is 2.11. The molecule has 1 aliphatic heterocycles. The van der Waals surface area contributed by atoms with Crippen molar-refractivity contribution in [2.24, 2.45) is 0 Å². The summed E-state index contributed by atoms with van der Waals surface area (Å²) in [6.07, 6.45) is 0.0590. The molecule has 0 radical (unpaired) electrons. The summed E-state index contributed by atoms with van der Waals surface area (Å²) in [7, 11) is 0. The van der Waals surface area contributed by atoms with E-state index in [1.54, 1.807) is 49.9 Å². The predicted molar refractivity (Wildman–Crippen MR) is 109 cm³/mol. The van der Waals surface area contributed by atoms with E-state index in [1.165, 1.54) is 0 Å². The highest BCUT2D eigenvalue weighted by atomic mass is 16.6. The zero-order chi connectivity index (χ0) is 21.3. The molecule has 160 valence electrons. The average molecular weight is 405 g/mol. The van der Waals surface area contributed by atoms with Crippen LogP contribution in [-0.2, 0) is 16.1 Å². The fourth-order valence-corrected chi connectivity index (χ4v) is 2.77. The Morgan fingerprint density at radius 2 is 1.76 bits per heavy atom. The molecular formula is C21H31N3O5. The van der Waals surface area contributed by atoms with Gasteiger partial charge in [-0.25, -0.2) is 9.59 Å². The Morgan fingerprint density at radius 3 is 2.38 bits per heavy atom. The van der Waals surface area contributed by atoms with Crippen LogP contribution < -0.4 is 10.6 Å². The second-order valence-corrected chi connectivity index (χ2v) is 7.94. The van der Waals surface area contributed by atoms with Gasteiger partial charge in [0.25, 0.3) is 0 Å². The highest BCUT2D eigenvalue weighted by Gasteiger charge is 2.17. The summed E-state index contributed by atoms with van der Waals surface area (Å²) in [6.45, 7) is 8.80. The molecule has 8 heteroatoms. The van der Waals surface area contributed by atoms with Crippen LogP contribution in [0.4, 0.5) is 9.59 Å². The van der Waals surface area contributed by atoms with Crippen LogP contribution in [0.15, 0.2) is 24.3 Å². The van der Waals surface area contributed by atoms with Crippen LogP contribution in [0.1, 0.15) is 49.5 Å². The zero-order valence-electron chi connectivity index (χ0n) is 17.5. The number of carbonyl (C=O) groups excluding carboxylic acids is 3. The first kappa shape index (κ1) is 22.7. The minimum Gasteiger partial charge on any atom is -0.445 e. The maximum atomic E-state index is 12.3. The summed E-state index contributed by atoms with van der Waals surface area (Å²) >= 11 is 0. The molecule has 0 unspecified atom stereocenters. The fourth-order valence-electron chi connectivity index (χ4n) is 2.77. The van der Waals surface area contributed by atoms with Gasteiger partial charge in [0, 0.05) is 44.7 Å². The highest BCUT2D eigenvalue weighted by molar-refractivity contribution is 5.96. The van der Waals surface area contributed by atoms with Gasteiger partial charge in [0.2, 0.25) is 0 Å². The molecule has 1 fully saturated rings. The number of ether oxygens (including phenoxy) is 2. The molecule has 1 heterocycles. The van der Waals surface area contributed by atoms with E-state index in [4.69, 9.17) is 9.47 Å². The van der Waals surface area contributed by atoms with Crippen molar-refractivity contribution in [2.45, 2.75) is 45.8 Å². The summed E-state index contributed by atoms with van der Waals surface area (Å²) in [5.41, 5.74) is 0.886. The number of carbonyl (C=O) groups is 3. The van der Waals surface area contributed by atoms with Crippen molar-refractivity contribution < 1.29 is 23.9 Å². The Morgan fingerprint density at radius 1 is 1.10 bits per heavy atom. The second kappa shape index (κ2) is 10.8. The number of rotatable bonds is 7. The van der Waals surface area contributed by atoms with Gasteiger partial charge in [-0.15, -0.1) is 0 Å². The monoisotopic (exact) mass is 405 g/mol. The number of hydrogen-bond acceptors (Lipinski definition) is 6. The summed E-state index contributed by atoms with van der Waals surface area (Å²) in [5, 5.41) is 5.82. The van der Waals surface area contributed by atoms with Crippen molar-refractivity contribution in [3.05, 3.63) is 35.4 Å². The topological polar surface area (TPSA) is 97.0 Å². The SMILES string of the molecule is CC(C)(C)OC(=O)NCCCC(=O)c1ccc(COC(=O)N2CCNCC2)cc1. The molecule has 2 amide bonds. The van der Waals surface area contributed by atoms with Crippen LogP contribution in [0, 0.1) is 0 Å². The van der Waals surface area contributed by atoms with E-state index in [-0.39, 0.29) is 18.5 Å². The Balaban J connectivity index is 1.68. The van der Waals surface area contributed by atoms with E-state index in [9.17, 15) is 14.4 Å². The number of amides is 2. The van der Waals surface area contributed by atoms with E-state index < -0.39 is 11.7 Å². The van der Waals surface area contributed by atoms with E-state index in [0.29, 0.717) is 38.0 Å². The third-order valence-electron chi connectivity index (χ3n) is 4.26. The van der Waals surface area contributed by atoms with Gasteiger partial charge < -0.3 is 25.0 Å². The van der Waals surface area contributed by atoms with Crippen LogP contribution >= 0.6 is 0 Å². The van der Waals surface area contributed by atoms with Crippen molar-refractivity contribution in [1.29, 1.82) is 0 Å². The number of hydrogen-bond donors (Lipinski definition) is 2. The third kappa shape index (κ3) is 8.51. The van der Waals surface area contributed by atoms with E-state index in [1.807, 2.05) is 0 Å². The Hall–Kier alpha value is -2.61. The van der Waals surface area contributed by atoms with E-state index >= 15 is 0 Å². The lowest BCUT2D eigenvalue weighted by Crippen LogP contribution is -2.46. The number of nitrogens with zero attached hydrogens (tertiary/aromatic N) is 1. The zero-order valence-corrected chi connectivity index (χ0v) is 17.5. The smallest absolute Gasteiger partial charge is 0.410 e.